The molecule has 1 saturated heterocycles. The van der Waals surface area contributed by atoms with Gasteiger partial charge in [0.1, 0.15) is 5.75 Å². The number of rotatable bonds is 7. The summed E-state index contributed by atoms with van der Waals surface area (Å²) in [5, 5.41) is 0. The summed E-state index contributed by atoms with van der Waals surface area (Å²) in [5.41, 5.74) is 1.73. The van der Waals surface area contributed by atoms with E-state index < -0.39 is 17.5 Å². The number of likely N-dealkylation sites (tertiary alicyclic amines) is 1. The SMILES string of the molecule is O=C(COc1ccccc1-c1cc(F)c(F)c(F)c1)N1CCC(CCc2ccc3c(c2)OCO3)CC1. The third kappa shape index (κ3) is 5.27. The number of aryl methyl sites for hydroxylation is 1. The van der Waals surface area contributed by atoms with Crippen molar-refractivity contribution < 1.29 is 32.2 Å². The highest BCUT2D eigenvalue weighted by Gasteiger charge is 2.24. The molecule has 0 saturated carbocycles. The van der Waals surface area contributed by atoms with Gasteiger partial charge in [-0.1, -0.05) is 24.3 Å². The highest BCUT2D eigenvalue weighted by atomic mass is 19.2. The average Bonchev–Trinajstić information content (AvgIpc) is 3.37. The Labute approximate surface area is 207 Å². The molecule has 0 radical (unpaired) electrons. The number of fused-ring (bicyclic) bond motifs is 1. The van der Waals surface area contributed by atoms with E-state index in [1.54, 1.807) is 29.2 Å². The summed E-state index contributed by atoms with van der Waals surface area (Å²) in [7, 11) is 0. The number of hydrogen-bond acceptors (Lipinski definition) is 4. The Bertz CT molecular complexity index is 1230. The fourth-order valence-corrected chi connectivity index (χ4v) is 4.71. The van der Waals surface area contributed by atoms with Crippen molar-refractivity contribution in [1.29, 1.82) is 0 Å². The first kappa shape index (κ1) is 24.0. The van der Waals surface area contributed by atoms with Crippen LogP contribution in [0.25, 0.3) is 11.1 Å². The van der Waals surface area contributed by atoms with Gasteiger partial charge in [-0.2, -0.15) is 0 Å². The van der Waals surface area contributed by atoms with Gasteiger partial charge in [-0.15, -0.1) is 0 Å². The number of para-hydroxylation sites is 1. The standard InChI is InChI=1S/C28H26F3NO4/c29-22-14-20(15-23(30)28(22)31)21-3-1-2-4-24(21)34-16-27(33)32-11-9-18(10-12-32)5-6-19-7-8-25-26(13-19)36-17-35-25/h1-4,7-8,13-15,18H,5-6,9-12,16-17H2. The van der Waals surface area contributed by atoms with Crippen molar-refractivity contribution in [1.82, 2.24) is 4.90 Å². The quantitative estimate of drug-likeness (QED) is 0.390. The molecule has 3 aromatic rings. The van der Waals surface area contributed by atoms with Crippen LogP contribution in [0.2, 0.25) is 0 Å². The minimum absolute atomic E-state index is 0.137. The van der Waals surface area contributed by atoms with Crippen molar-refractivity contribution in [3.63, 3.8) is 0 Å². The predicted molar refractivity (Wildman–Crippen MR) is 127 cm³/mol. The van der Waals surface area contributed by atoms with E-state index in [9.17, 15) is 18.0 Å². The molecule has 36 heavy (non-hydrogen) atoms. The Balaban J connectivity index is 1.12. The summed E-state index contributed by atoms with van der Waals surface area (Å²) in [4.78, 5) is 14.6. The summed E-state index contributed by atoms with van der Waals surface area (Å²) in [5.74, 6) is -1.81. The van der Waals surface area contributed by atoms with Crippen molar-refractivity contribution in [2.45, 2.75) is 25.7 Å². The van der Waals surface area contributed by atoms with Gasteiger partial charge in [0.15, 0.2) is 35.6 Å². The van der Waals surface area contributed by atoms with Crippen LogP contribution in [-0.2, 0) is 11.2 Å². The second-order valence-corrected chi connectivity index (χ2v) is 9.09. The molecule has 0 aliphatic carbocycles. The van der Waals surface area contributed by atoms with E-state index in [1.165, 1.54) is 5.56 Å². The number of amides is 1. The zero-order chi connectivity index (χ0) is 25.1. The van der Waals surface area contributed by atoms with Gasteiger partial charge in [0.05, 0.1) is 0 Å². The van der Waals surface area contributed by atoms with E-state index in [4.69, 9.17) is 14.2 Å². The molecule has 1 amide bonds. The number of nitrogens with zero attached hydrogens (tertiary/aromatic N) is 1. The van der Waals surface area contributed by atoms with Gasteiger partial charge < -0.3 is 19.1 Å². The number of carbonyl (C=O) groups excluding carboxylic acids is 1. The number of halogens is 3. The molecule has 3 aromatic carbocycles. The van der Waals surface area contributed by atoms with Crippen LogP contribution < -0.4 is 14.2 Å². The first-order valence-corrected chi connectivity index (χ1v) is 12.0. The Morgan fingerprint density at radius 3 is 2.44 bits per heavy atom. The Morgan fingerprint density at radius 2 is 1.67 bits per heavy atom. The molecule has 1 fully saturated rings. The van der Waals surface area contributed by atoms with E-state index in [0.29, 0.717) is 30.3 Å². The molecule has 0 bridgehead atoms. The third-order valence-electron chi connectivity index (χ3n) is 6.78. The zero-order valence-corrected chi connectivity index (χ0v) is 19.6. The minimum atomic E-state index is -1.52. The van der Waals surface area contributed by atoms with Crippen LogP contribution >= 0.6 is 0 Å². The minimum Gasteiger partial charge on any atom is -0.483 e. The topological polar surface area (TPSA) is 48.0 Å². The maximum Gasteiger partial charge on any atom is 0.260 e. The Hall–Kier alpha value is -3.68. The van der Waals surface area contributed by atoms with Crippen LogP contribution in [0.3, 0.4) is 0 Å². The maximum atomic E-state index is 13.7. The van der Waals surface area contributed by atoms with E-state index in [2.05, 4.69) is 6.07 Å². The van der Waals surface area contributed by atoms with Crippen LogP contribution in [0.4, 0.5) is 13.2 Å². The molecule has 2 aliphatic heterocycles. The maximum absolute atomic E-state index is 13.7. The second-order valence-electron chi connectivity index (χ2n) is 9.09. The zero-order valence-electron chi connectivity index (χ0n) is 19.6. The van der Waals surface area contributed by atoms with Crippen LogP contribution in [0, 0.1) is 23.4 Å². The van der Waals surface area contributed by atoms with Crippen molar-refractivity contribution in [3.05, 3.63) is 77.6 Å². The van der Waals surface area contributed by atoms with Crippen LogP contribution in [-0.4, -0.2) is 37.3 Å². The fourth-order valence-electron chi connectivity index (χ4n) is 4.71. The summed E-state index contributed by atoms with van der Waals surface area (Å²) in [6.45, 7) is 1.39. The molecule has 5 rings (SSSR count). The largest absolute Gasteiger partial charge is 0.483 e. The lowest BCUT2D eigenvalue weighted by molar-refractivity contribution is -0.134. The molecule has 8 heteroatoms. The van der Waals surface area contributed by atoms with Crippen molar-refractivity contribution in [2.75, 3.05) is 26.5 Å². The lowest BCUT2D eigenvalue weighted by atomic mass is 9.90. The molecule has 0 spiro atoms. The monoisotopic (exact) mass is 497 g/mol. The van der Waals surface area contributed by atoms with Crippen molar-refractivity contribution in [3.8, 4) is 28.4 Å². The third-order valence-corrected chi connectivity index (χ3v) is 6.78. The molecule has 0 unspecified atom stereocenters. The Kier molecular flexibility index (Phi) is 7.02. The van der Waals surface area contributed by atoms with Gasteiger partial charge in [0, 0.05) is 18.7 Å². The van der Waals surface area contributed by atoms with Gasteiger partial charge in [0.25, 0.3) is 5.91 Å². The van der Waals surface area contributed by atoms with Gasteiger partial charge in [-0.05, 0) is 73.1 Å². The van der Waals surface area contributed by atoms with Gasteiger partial charge >= 0.3 is 0 Å². The summed E-state index contributed by atoms with van der Waals surface area (Å²) in [6.07, 6.45) is 3.82. The molecular weight excluding hydrogens is 471 g/mol. The number of piperidine rings is 1. The van der Waals surface area contributed by atoms with E-state index >= 15 is 0 Å². The predicted octanol–water partition coefficient (Wildman–Crippen LogP) is 5.75. The number of benzene rings is 3. The molecule has 188 valence electrons. The van der Waals surface area contributed by atoms with Gasteiger partial charge in [-0.3, -0.25) is 4.79 Å². The Morgan fingerprint density at radius 1 is 0.944 bits per heavy atom. The smallest absolute Gasteiger partial charge is 0.260 e. The molecule has 2 aliphatic rings. The van der Waals surface area contributed by atoms with E-state index in [0.717, 1.165) is 49.3 Å². The summed E-state index contributed by atoms with van der Waals surface area (Å²) < 4.78 is 57.3. The van der Waals surface area contributed by atoms with Gasteiger partial charge in [0.2, 0.25) is 6.79 Å². The van der Waals surface area contributed by atoms with E-state index in [1.807, 2.05) is 12.1 Å². The van der Waals surface area contributed by atoms with Crippen LogP contribution in [0.15, 0.2) is 54.6 Å². The number of hydrogen-bond donors (Lipinski definition) is 0. The first-order chi connectivity index (χ1) is 17.5. The first-order valence-electron chi connectivity index (χ1n) is 12.0. The summed E-state index contributed by atoms with van der Waals surface area (Å²) in [6, 6.07) is 14.5. The highest BCUT2D eigenvalue weighted by molar-refractivity contribution is 5.78. The molecule has 0 N–H and O–H groups in total. The molecule has 0 aromatic heterocycles. The number of carbonyl (C=O) groups is 1. The van der Waals surface area contributed by atoms with Crippen LogP contribution in [0.1, 0.15) is 24.8 Å². The van der Waals surface area contributed by atoms with Crippen molar-refractivity contribution >= 4 is 5.91 Å². The highest BCUT2D eigenvalue weighted by Crippen LogP contribution is 2.34. The van der Waals surface area contributed by atoms with Gasteiger partial charge in [-0.25, -0.2) is 13.2 Å². The lowest BCUT2D eigenvalue weighted by Gasteiger charge is -2.32. The van der Waals surface area contributed by atoms with Crippen molar-refractivity contribution in [2.24, 2.45) is 5.92 Å². The van der Waals surface area contributed by atoms with Crippen LogP contribution in [0.5, 0.6) is 17.2 Å². The molecule has 5 nitrogen and oxygen atoms in total. The number of ether oxygens (including phenoxy) is 3. The van der Waals surface area contributed by atoms with E-state index in [-0.39, 0.29) is 24.9 Å². The second kappa shape index (κ2) is 10.5. The summed E-state index contributed by atoms with van der Waals surface area (Å²) >= 11 is 0. The average molecular weight is 498 g/mol. The normalized spacial score (nSPS) is 15.2. The molecule has 0 atom stereocenters. The fraction of sp³-hybridized carbons (Fsp3) is 0.321. The lowest BCUT2D eigenvalue weighted by Crippen LogP contribution is -2.41. The molecular formula is C28H26F3NO4. The molecule has 2 heterocycles.